The van der Waals surface area contributed by atoms with Gasteiger partial charge in [0.05, 0.1) is 4.90 Å². The third-order valence-electron chi connectivity index (χ3n) is 5.63. The first-order valence-electron chi connectivity index (χ1n) is 10.1. The van der Waals surface area contributed by atoms with Crippen LogP contribution in [-0.2, 0) is 20.7 Å². The molecular formula is C24H30FNO3S. The van der Waals surface area contributed by atoms with Crippen LogP contribution >= 0.6 is 0 Å². The van der Waals surface area contributed by atoms with E-state index >= 15 is 0 Å². The van der Waals surface area contributed by atoms with Crippen LogP contribution in [0.25, 0.3) is 0 Å². The highest BCUT2D eigenvalue weighted by Gasteiger charge is 2.41. The van der Waals surface area contributed by atoms with Crippen molar-refractivity contribution in [2.45, 2.75) is 62.5 Å². The van der Waals surface area contributed by atoms with Gasteiger partial charge in [0.2, 0.25) is 0 Å². The number of rotatable bonds is 3. The number of carbonyl (C=O) groups excluding carboxylic acids is 1. The molecule has 1 amide bonds. The molecule has 3 rings (SSSR count). The summed E-state index contributed by atoms with van der Waals surface area (Å²) in [6.07, 6.45) is 0. The minimum atomic E-state index is -3.59. The number of carbonyl (C=O) groups is 1. The van der Waals surface area contributed by atoms with Crippen molar-refractivity contribution in [3.63, 3.8) is 0 Å². The lowest BCUT2D eigenvalue weighted by atomic mass is 9.79. The molecule has 0 radical (unpaired) electrons. The molecule has 0 atom stereocenters. The van der Waals surface area contributed by atoms with E-state index in [1.54, 1.807) is 4.90 Å². The molecule has 1 heterocycles. The molecule has 1 fully saturated rings. The van der Waals surface area contributed by atoms with Crippen LogP contribution in [0.5, 0.6) is 0 Å². The van der Waals surface area contributed by atoms with Gasteiger partial charge in [0, 0.05) is 18.7 Å². The predicted octanol–water partition coefficient (Wildman–Crippen LogP) is 4.72. The molecule has 4 nitrogen and oxygen atoms in total. The van der Waals surface area contributed by atoms with E-state index in [1.165, 1.54) is 12.1 Å². The first kappa shape index (κ1) is 22.5. The topological polar surface area (TPSA) is 54.5 Å². The molecule has 0 N–H and O–H groups in total. The monoisotopic (exact) mass is 431 g/mol. The lowest BCUT2D eigenvalue weighted by Gasteiger charge is -2.39. The van der Waals surface area contributed by atoms with Crippen LogP contribution in [0.4, 0.5) is 4.39 Å². The van der Waals surface area contributed by atoms with Gasteiger partial charge in [-0.2, -0.15) is 0 Å². The van der Waals surface area contributed by atoms with Crippen LogP contribution < -0.4 is 0 Å². The Balaban J connectivity index is 1.83. The summed E-state index contributed by atoms with van der Waals surface area (Å²) in [5.74, 6) is -0.634. The predicted molar refractivity (Wildman–Crippen MR) is 117 cm³/mol. The van der Waals surface area contributed by atoms with Crippen LogP contribution in [0, 0.1) is 5.82 Å². The minimum Gasteiger partial charge on any atom is -0.336 e. The van der Waals surface area contributed by atoms with Gasteiger partial charge in [0.15, 0.2) is 9.84 Å². The van der Waals surface area contributed by atoms with Gasteiger partial charge in [0.1, 0.15) is 11.1 Å². The van der Waals surface area contributed by atoms with Crippen molar-refractivity contribution in [3.8, 4) is 0 Å². The summed E-state index contributed by atoms with van der Waals surface area (Å²) in [5.41, 5.74) is 2.52. The van der Waals surface area contributed by atoms with Gasteiger partial charge in [-0.15, -0.1) is 0 Å². The smallest absolute Gasteiger partial charge is 0.253 e. The van der Waals surface area contributed by atoms with Gasteiger partial charge in [-0.25, -0.2) is 12.8 Å². The van der Waals surface area contributed by atoms with Crippen molar-refractivity contribution in [3.05, 3.63) is 65.0 Å². The average molecular weight is 432 g/mol. The van der Waals surface area contributed by atoms with Gasteiger partial charge in [0.25, 0.3) is 5.91 Å². The molecule has 0 bridgehead atoms. The highest BCUT2D eigenvalue weighted by molar-refractivity contribution is 7.92. The standard InChI is InChI=1S/C24H30FNO3S/c1-23(2,3)17-11-16(12-18(13-17)24(4,5)6)22(27)26-14-21(15-26)30(28,29)20-9-7-19(25)8-10-20/h7-13,21H,14-15H2,1-6H3. The van der Waals surface area contributed by atoms with Gasteiger partial charge in [-0.1, -0.05) is 47.6 Å². The normalized spacial score (nSPS) is 15.8. The fourth-order valence-electron chi connectivity index (χ4n) is 3.42. The molecule has 1 saturated heterocycles. The highest BCUT2D eigenvalue weighted by atomic mass is 32.2. The van der Waals surface area contributed by atoms with Crippen molar-refractivity contribution in [1.29, 1.82) is 0 Å². The largest absolute Gasteiger partial charge is 0.336 e. The van der Waals surface area contributed by atoms with E-state index in [2.05, 4.69) is 47.6 Å². The maximum absolute atomic E-state index is 13.1. The third kappa shape index (κ3) is 4.43. The van der Waals surface area contributed by atoms with Crippen LogP contribution in [0.1, 0.15) is 63.0 Å². The Morgan fingerprint density at radius 1 is 0.900 bits per heavy atom. The van der Waals surface area contributed by atoms with Crippen LogP contribution in [-0.4, -0.2) is 37.6 Å². The van der Waals surface area contributed by atoms with Crippen molar-refractivity contribution in [1.82, 2.24) is 4.90 Å². The fraction of sp³-hybridized carbons (Fsp3) is 0.458. The first-order chi connectivity index (χ1) is 13.7. The molecule has 0 aromatic heterocycles. The Morgan fingerprint density at radius 2 is 1.37 bits per heavy atom. The second-order valence-corrected chi connectivity index (χ2v) is 12.4. The molecule has 1 aliphatic rings. The molecule has 2 aromatic carbocycles. The van der Waals surface area contributed by atoms with Gasteiger partial charge >= 0.3 is 0 Å². The van der Waals surface area contributed by atoms with Crippen molar-refractivity contribution in [2.24, 2.45) is 0 Å². The second-order valence-electron chi connectivity index (χ2n) is 10.1. The Bertz CT molecular complexity index is 1020. The summed E-state index contributed by atoms with van der Waals surface area (Å²) in [5, 5.41) is -0.667. The van der Waals surface area contributed by atoms with Gasteiger partial charge in [-0.05, 0) is 58.4 Å². The zero-order valence-electron chi connectivity index (χ0n) is 18.5. The number of amides is 1. The summed E-state index contributed by atoms with van der Waals surface area (Å²) in [6.45, 7) is 12.9. The van der Waals surface area contributed by atoms with Crippen LogP contribution in [0.2, 0.25) is 0 Å². The van der Waals surface area contributed by atoms with E-state index in [9.17, 15) is 17.6 Å². The maximum atomic E-state index is 13.1. The minimum absolute atomic E-state index is 0.0887. The Hall–Kier alpha value is -2.21. The lowest BCUT2D eigenvalue weighted by Crippen LogP contribution is -2.56. The number of halogens is 1. The Labute approximate surface area is 179 Å². The number of hydrogen-bond acceptors (Lipinski definition) is 3. The number of hydrogen-bond donors (Lipinski definition) is 0. The third-order valence-corrected chi connectivity index (χ3v) is 7.73. The zero-order valence-corrected chi connectivity index (χ0v) is 19.3. The number of likely N-dealkylation sites (tertiary alicyclic amines) is 1. The van der Waals surface area contributed by atoms with Crippen molar-refractivity contribution < 1.29 is 17.6 Å². The molecule has 30 heavy (non-hydrogen) atoms. The number of nitrogens with zero attached hydrogens (tertiary/aromatic N) is 1. The Kier molecular flexibility index (Phi) is 5.61. The second kappa shape index (κ2) is 7.49. The molecular weight excluding hydrogens is 401 g/mol. The van der Waals surface area contributed by atoms with Crippen LogP contribution in [0.15, 0.2) is 47.4 Å². The summed E-state index contributed by atoms with van der Waals surface area (Å²) in [7, 11) is -3.59. The lowest BCUT2D eigenvalue weighted by molar-refractivity contribution is 0.0658. The number of sulfone groups is 1. The zero-order chi connectivity index (χ0) is 22.5. The molecule has 0 spiro atoms. The highest BCUT2D eigenvalue weighted by Crippen LogP contribution is 2.32. The molecule has 162 valence electrons. The van der Waals surface area contributed by atoms with E-state index in [0.29, 0.717) is 5.56 Å². The molecule has 1 aliphatic heterocycles. The first-order valence-corrected chi connectivity index (χ1v) is 11.7. The van der Waals surface area contributed by atoms with E-state index in [1.807, 2.05) is 12.1 Å². The van der Waals surface area contributed by atoms with E-state index < -0.39 is 20.9 Å². The fourth-order valence-corrected chi connectivity index (χ4v) is 5.07. The molecule has 0 aliphatic carbocycles. The summed E-state index contributed by atoms with van der Waals surface area (Å²) in [6, 6.07) is 10.8. The molecule has 0 unspecified atom stereocenters. The average Bonchev–Trinajstić information content (AvgIpc) is 2.58. The Morgan fingerprint density at radius 3 is 1.80 bits per heavy atom. The summed E-state index contributed by atoms with van der Waals surface area (Å²) in [4.78, 5) is 14.8. The van der Waals surface area contributed by atoms with Crippen molar-refractivity contribution in [2.75, 3.05) is 13.1 Å². The van der Waals surface area contributed by atoms with Gasteiger partial charge in [-0.3, -0.25) is 4.79 Å². The molecule has 0 saturated carbocycles. The van der Waals surface area contributed by atoms with Crippen molar-refractivity contribution >= 4 is 15.7 Å². The summed E-state index contributed by atoms with van der Waals surface area (Å²) < 4.78 is 38.6. The van der Waals surface area contributed by atoms with Gasteiger partial charge < -0.3 is 4.90 Å². The number of benzene rings is 2. The SMILES string of the molecule is CC(C)(C)c1cc(C(=O)N2CC(S(=O)(=O)c3ccc(F)cc3)C2)cc(C(C)(C)C)c1. The van der Waals surface area contributed by atoms with E-state index in [-0.39, 0.29) is 34.7 Å². The molecule has 6 heteroatoms. The quantitative estimate of drug-likeness (QED) is 0.661. The van der Waals surface area contributed by atoms with E-state index in [0.717, 1.165) is 23.3 Å². The van der Waals surface area contributed by atoms with Crippen LogP contribution in [0.3, 0.4) is 0 Å². The summed E-state index contributed by atoms with van der Waals surface area (Å²) >= 11 is 0. The molecule has 2 aromatic rings. The van der Waals surface area contributed by atoms with E-state index in [4.69, 9.17) is 0 Å². The maximum Gasteiger partial charge on any atom is 0.253 e.